The lowest BCUT2D eigenvalue weighted by Crippen LogP contribution is -2.38. The van der Waals surface area contributed by atoms with Crippen LogP contribution < -0.4 is 21.4 Å². The van der Waals surface area contributed by atoms with E-state index in [0.717, 1.165) is 4.57 Å². The molecule has 2 heterocycles. The number of phenolic OH excluding ortho intramolecular Hbond substituents is 1. The highest BCUT2D eigenvalue weighted by atomic mass is 16.5. The van der Waals surface area contributed by atoms with Crippen molar-refractivity contribution in [3.05, 3.63) is 50.9 Å². The van der Waals surface area contributed by atoms with Crippen LogP contribution in [0, 0.1) is 0 Å². The molecule has 0 radical (unpaired) electrons. The van der Waals surface area contributed by atoms with Gasteiger partial charge in [-0.2, -0.15) is 5.10 Å². The fourth-order valence-electron chi connectivity index (χ4n) is 2.69. The molecule has 2 aromatic heterocycles. The number of carbonyl (C=O) groups excluding carboxylic acids is 1. The van der Waals surface area contributed by atoms with Gasteiger partial charge in [-0.25, -0.2) is 15.2 Å². The summed E-state index contributed by atoms with van der Waals surface area (Å²) in [7, 11) is 4.27. The number of aryl methyl sites for hydroxylation is 1. The number of rotatable bonds is 5. The number of hydrazone groups is 1. The number of methoxy groups -OCH3 is 1. The predicted molar refractivity (Wildman–Crippen MR) is 101 cm³/mol. The van der Waals surface area contributed by atoms with Crippen molar-refractivity contribution in [1.82, 2.24) is 24.1 Å². The number of ether oxygens (including phenoxy) is 1. The minimum Gasteiger partial charge on any atom is -0.504 e. The first kappa shape index (κ1) is 18.9. The minimum absolute atomic E-state index is 0.104. The molecule has 0 aliphatic rings. The van der Waals surface area contributed by atoms with E-state index in [0.29, 0.717) is 5.56 Å². The molecule has 0 atom stereocenters. The number of aromatic hydroxyl groups is 1. The summed E-state index contributed by atoms with van der Waals surface area (Å²) in [6.45, 7) is -0.231. The molecule has 1 aromatic carbocycles. The van der Waals surface area contributed by atoms with Gasteiger partial charge in [0.25, 0.3) is 11.5 Å². The lowest BCUT2D eigenvalue weighted by Gasteiger charge is -2.06. The summed E-state index contributed by atoms with van der Waals surface area (Å²) in [5.74, 6) is -0.344. The van der Waals surface area contributed by atoms with Crippen LogP contribution >= 0.6 is 0 Å². The van der Waals surface area contributed by atoms with Crippen LogP contribution in [-0.4, -0.2) is 43.0 Å². The van der Waals surface area contributed by atoms with Gasteiger partial charge in [-0.15, -0.1) is 0 Å². The van der Waals surface area contributed by atoms with Gasteiger partial charge in [-0.1, -0.05) is 6.07 Å². The first-order chi connectivity index (χ1) is 13.3. The second kappa shape index (κ2) is 7.39. The van der Waals surface area contributed by atoms with Gasteiger partial charge >= 0.3 is 5.69 Å². The van der Waals surface area contributed by atoms with Gasteiger partial charge in [0.05, 0.1) is 19.7 Å². The first-order valence-corrected chi connectivity index (χ1v) is 8.14. The molecule has 28 heavy (non-hydrogen) atoms. The van der Waals surface area contributed by atoms with Crippen molar-refractivity contribution in [2.45, 2.75) is 6.54 Å². The molecule has 0 fully saturated rings. The largest absolute Gasteiger partial charge is 0.504 e. The number of amides is 1. The Labute approximate surface area is 158 Å². The Morgan fingerprint density at radius 1 is 1.32 bits per heavy atom. The molecule has 3 aromatic rings. The standard InChI is InChI=1S/C17H18N6O5/c1-21-15-13(16(26)22(2)17(21)27)23(9-18-15)8-12(24)20-19-7-10-5-4-6-11(28-3)14(10)25/h4-7,9,25H,8H2,1-3H3,(H,20,24)/b19-7+. The summed E-state index contributed by atoms with van der Waals surface area (Å²) < 4.78 is 8.51. The summed E-state index contributed by atoms with van der Waals surface area (Å²) in [6, 6.07) is 4.85. The SMILES string of the molecule is COc1cccc(/C=N/NC(=O)Cn2cnc3c2c(=O)n(C)c(=O)n3C)c1O. The molecular weight excluding hydrogens is 368 g/mol. The zero-order chi connectivity index (χ0) is 20.4. The van der Waals surface area contributed by atoms with Gasteiger partial charge in [0.15, 0.2) is 22.7 Å². The summed E-state index contributed by atoms with van der Waals surface area (Å²) in [4.78, 5) is 40.5. The quantitative estimate of drug-likeness (QED) is 0.440. The van der Waals surface area contributed by atoms with E-state index in [1.54, 1.807) is 18.2 Å². The maximum atomic E-state index is 12.3. The Hall–Kier alpha value is -3.89. The highest BCUT2D eigenvalue weighted by molar-refractivity contribution is 5.86. The number of nitrogens with one attached hydrogen (secondary N) is 1. The van der Waals surface area contributed by atoms with E-state index in [2.05, 4.69) is 15.5 Å². The van der Waals surface area contributed by atoms with Crippen LogP contribution in [0.5, 0.6) is 11.5 Å². The number of phenols is 1. The molecule has 0 saturated heterocycles. The lowest BCUT2D eigenvalue weighted by atomic mass is 10.2. The molecule has 0 bridgehead atoms. The molecule has 146 valence electrons. The Morgan fingerprint density at radius 2 is 2.07 bits per heavy atom. The van der Waals surface area contributed by atoms with Crippen LogP contribution in [0.15, 0.2) is 39.2 Å². The average Bonchev–Trinajstić information content (AvgIpc) is 3.09. The number of carbonyl (C=O) groups is 1. The number of nitrogens with zero attached hydrogens (tertiary/aromatic N) is 5. The number of hydrogen-bond donors (Lipinski definition) is 2. The molecule has 2 N–H and O–H groups in total. The van der Waals surface area contributed by atoms with Crippen molar-refractivity contribution < 1.29 is 14.6 Å². The zero-order valence-corrected chi connectivity index (χ0v) is 15.4. The predicted octanol–water partition coefficient (Wildman–Crippen LogP) is -0.702. The second-order valence-electron chi connectivity index (χ2n) is 5.94. The van der Waals surface area contributed by atoms with Gasteiger partial charge in [0, 0.05) is 19.7 Å². The molecular formula is C17H18N6O5. The van der Waals surface area contributed by atoms with Crippen molar-refractivity contribution in [2.75, 3.05) is 7.11 Å². The van der Waals surface area contributed by atoms with Crippen LogP contribution in [0.2, 0.25) is 0 Å². The van der Waals surface area contributed by atoms with Gasteiger partial charge < -0.3 is 14.4 Å². The van der Waals surface area contributed by atoms with E-state index in [4.69, 9.17) is 4.74 Å². The van der Waals surface area contributed by atoms with E-state index in [1.807, 2.05) is 0 Å². The molecule has 0 unspecified atom stereocenters. The first-order valence-electron chi connectivity index (χ1n) is 8.14. The Bertz CT molecular complexity index is 1200. The molecule has 11 heteroatoms. The molecule has 3 rings (SSSR count). The Balaban J connectivity index is 1.80. The van der Waals surface area contributed by atoms with Crippen LogP contribution in [0.3, 0.4) is 0 Å². The summed E-state index contributed by atoms with van der Waals surface area (Å²) in [5.41, 5.74) is 1.94. The number of aromatic nitrogens is 4. The highest BCUT2D eigenvalue weighted by Gasteiger charge is 2.15. The van der Waals surface area contributed by atoms with E-state index in [-0.39, 0.29) is 29.2 Å². The lowest BCUT2D eigenvalue weighted by molar-refractivity contribution is -0.121. The third kappa shape index (κ3) is 3.24. The Kier molecular flexibility index (Phi) is 4.98. The van der Waals surface area contributed by atoms with Gasteiger partial charge in [-0.3, -0.25) is 18.7 Å². The van der Waals surface area contributed by atoms with Crippen LogP contribution in [0.4, 0.5) is 0 Å². The fraction of sp³-hybridized carbons (Fsp3) is 0.235. The van der Waals surface area contributed by atoms with Gasteiger partial charge in [0.2, 0.25) is 0 Å². The van der Waals surface area contributed by atoms with Crippen molar-refractivity contribution in [2.24, 2.45) is 19.2 Å². The van der Waals surface area contributed by atoms with E-state index in [1.165, 1.54) is 42.9 Å². The second-order valence-corrected chi connectivity index (χ2v) is 5.94. The van der Waals surface area contributed by atoms with Crippen molar-refractivity contribution in [1.29, 1.82) is 0 Å². The number of para-hydroxylation sites is 1. The zero-order valence-electron chi connectivity index (χ0n) is 15.4. The van der Waals surface area contributed by atoms with Crippen LogP contribution in [0.25, 0.3) is 11.2 Å². The summed E-state index contributed by atoms with van der Waals surface area (Å²) in [5, 5.41) is 13.8. The number of fused-ring (bicyclic) bond motifs is 1. The number of imidazole rings is 1. The fourth-order valence-corrected chi connectivity index (χ4v) is 2.69. The Morgan fingerprint density at radius 3 is 2.79 bits per heavy atom. The molecule has 0 spiro atoms. The molecule has 0 aliphatic heterocycles. The van der Waals surface area contributed by atoms with Crippen molar-refractivity contribution >= 4 is 23.3 Å². The highest BCUT2D eigenvalue weighted by Crippen LogP contribution is 2.27. The summed E-state index contributed by atoms with van der Waals surface area (Å²) in [6.07, 6.45) is 2.58. The van der Waals surface area contributed by atoms with Crippen LogP contribution in [0.1, 0.15) is 5.56 Å². The summed E-state index contributed by atoms with van der Waals surface area (Å²) >= 11 is 0. The van der Waals surface area contributed by atoms with E-state index < -0.39 is 17.2 Å². The smallest absolute Gasteiger partial charge is 0.332 e. The maximum Gasteiger partial charge on any atom is 0.332 e. The van der Waals surface area contributed by atoms with Gasteiger partial charge in [-0.05, 0) is 12.1 Å². The molecule has 1 amide bonds. The van der Waals surface area contributed by atoms with E-state index in [9.17, 15) is 19.5 Å². The normalized spacial score (nSPS) is 11.2. The van der Waals surface area contributed by atoms with Crippen LogP contribution in [-0.2, 0) is 25.4 Å². The van der Waals surface area contributed by atoms with E-state index >= 15 is 0 Å². The third-order valence-electron chi connectivity index (χ3n) is 4.17. The van der Waals surface area contributed by atoms with Crippen molar-refractivity contribution in [3.8, 4) is 11.5 Å². The molecule has 0 saturated carbocycles. The molecule has 0 aliphatic carbocycles. The third-order valence-corrected chi connectivity index (χ3v) is 4.17. The van der Waals surface area contributed by atoms with Gasteiger partial charge in [0.1, 0.15) is 6.54 Å². The number of hydrogen-bond acceptors (Lipinski definition) is 7. The monoisotopic (exact) mass is 386 g/mol. The maximum absolute atomic E-state index is 12.3. The number of benzene rings is 1. The topological polar surface area (TPSA) is 133 Å². The minimum atomic E-state index is -0.548. The molecule has 11 nitrogen and oxygen atoms in total. The van der Waals surface area contributed by atoms with Crippen molar-refractivity contribution in [3.63, 3.8) is 0 Å². The average molecular weight is 386 g/mol.